The fraction of sp³-hybridized carbons (Fsp3) is 0.231. The molecule has 1 spiro atoms. The van der Waals surface area contributed by atoms with E-state index in [9.17, 15) is 4.39 Å². The second-order valence-electron chi connectivity index (χ2n) is 9.16. The third-order valence-corrected chi connectivity index (χ3v) is 5.62. The molecule has 2 aliphatic rings. The largest absolute Gasteiger partial charge is 0.438 e. The Hall–Kier alpha value is -3.85. The lowest BCUT2D eigenvalue weighted by Gasteiger charge is -2.35. The van der Waals surface area contributed by atoms with Crippen molar-refractivity contribution in [1.82, 2.24) is 15.3 Å². The number of nitrogens with one attached hydrogen (secondary N) is 1. The molecule has 0 unspecified atom stereocenters. The summed E-state index contributed by atoms with van der Waals surface area (Å²) in [5, 5.41) is 3.24. The molecule has 3 aromatic rings. The topological polar surface area (TPSA) is 73.1 Å². The molecule has 4 heterocycles. The fourth-order valence-electron chi connectivity index (χ4n) is 4.12. The first kappa shape index (κ1) is 20.1. The van der Waals surface area contributed by atoms with Gasteiger partial charge in [0.1, 0.15) is 5.75 Å². The molecular weight excluding hydrogens is 403 g/mol. The summed E-state index contributed by atoms with van der Waals surface area (Å²) in [4.78, 5) is 8.35. The number of hydrogen-bond donors (Lipinski definition) is 2. The van der Waals surface area contributed by atoms with Crippen LogP contribution in [-0.4, -0.2) is 16.5 Å². The Morgan fingerprint density at radius 1 is 1.16 bits per heavy atom. The Labute approximate surface area is 186 Å². The molecule has 0 saturated heterocycles. The predicted molar refractivity (Wildman–Crippen MR) is 121 cm³/mol. The summed E-state index contributed by atoms with van der Waals surface area (Å²) in [6, 6.07) is 11.1. The number of fused-ring (bicyclic) bond motifs is 4. The molecule has 32 heavy (non-hydrogen) atoms. The summed E-state index contributed by atoms with van der Waals surface area (Å²) in [6.45, 7) is 6.74. The van der Waals surface area contributed by atoms with E-state index in [1.165, 1.54) is 6.20 Å². The van der Waals surface area contributed by atoms with Crippen LogP contribution in [0.4, 0.5) is 4.39 Å². The van der Waals surface area contributed by atoms with Crippen LogP contribution in [0.25, 0.3) is 11.1 Å². The van der Waals surface area contributed by atoms with E-state index < -0.39 is 11.4 Å². The van der Waals surface area contributed by atoms with E-state index in [-0.39, 0.29) is 5.41 Å². The van der Waals surface area contributed by atoms with Crippen LogP contribution in [0.2, 0.25) is 0 Å². The standard InChI is InChI=1S/C26H23FN4O/c1-25(2,3)9-8-16-11-20-24(30-14-16)32-21-7-6-17(18-5-4-10-29-23(18)27)12-19(21)26(20)13-22(28)31-15-26/h4-7,10-14,31H,15,28H2,1-3H3/t26-/m0/s1. The highest BCUT2D eigenvalue weighted by Crippen LogP contribution is 2.50. The van der Waals surface area contributed by atoms with Crippen LogP contribution in [0.3, 0.4) is 0 Å². The molecule has 0 fully saturated rings. The molecule has 5 nitrogen and oxygen atoms in total. The summed E-state index contributed by atoms with van der Waals surface area (Å²) in [6.07, 6.45) is 5.15. The minimum atomic E-state index is -0.603. The minimum absolute atomic E-state index is 0.126. The van der Waals surface area contributed by atoms with E-state index >= 15 is 0 Å². The van der Waals surface area contributed by atoms with Crippen molar-refractivity contribution in [2.45, 2.75) is 26.2 Å². The third kappa shape index (κ3) is 3.36. The van der Waals surface area contributed by atoms with Gasteiger partial charge in [-0.05, 0) is 62.7 Å². The Kier molecular flexibility index (Phi) is 4.45. The maximum absolute atomic E-state index is 14.4. The van der Waals surface area contributed by atoms with E-state index in [2.05, 4.69) is 47.9 Å². The van der Waals surface area contributed by atoms with Crippen molar-refractivity contribution in [2.24, 2.45) is 11.1 Å². The zero-order valence-electron chi connectivity index (χ0n) is 18.2. The summed E-state index contributed by atoms with van der Waals surface area (Å²) < 4.78 is 20.6. The van der Waals surface area contributed by atoms with Crippen molar-refractivity contribution < 1.29 is 9.13 Å². The molecule has 160 valence electrons. The van der Waals surface area contributed by atoms with E-state index in [4.69, 9.17) is 10.5 Å². The van der Waals surface area contributed by atoms with Gasteiger partial charge in [-0.2, -0.15) is 4.39 Å². The van der Waals surface area contributed by atoms with Gasteiger partial charge in [-0.25, -0.2) is 9.97 Å². The molecule has 5 rings (SSSR count). The number of pyridine rings is 2. The van der Waals surface area contributed by atoms with Crippen LogP contribution in [0, 0.1) is 23.2 Å². The fourth-order valence-corrected chi connectivity index (χ4v) is 4.12. The SMILES string of the molecule is CC(C)(C)C#Cc1cnc2c(c1)[C@]1(C=C(N)NC1)c1cc(-c3cccnc3F)ccc1O2. The van der Waals surface area contributed by atoms with Gasteiger partial charge in [-0.3, -0.25) is 0 Å². The normalized spacial score (nSPS) is 18.6. The summed E-state index contributed by atoms with van der Waals surface area (Å²) >= 11 is 0. The highest BCUT2D eigenvalue weighted by molar-refractivity contribution is 5.70. The van der Waals surface area contributed by atoms with Crippen LogP contribution in [0.5, 0.6) is 11.6 Å². The van der Waals surface area contributed by atoms with Crippen molar-refractivity contribution in [3.8, 4) is 34.6 Å². The first-order chi connectivity index (χ1) is 15.2. The van der Waals surface area contributed by atoms with Crippen molar-refractivity contribution in [3.63, 3.8) is 0 Å². The van der Waals surface area contributed by atoms with Gasteiger partial charge < -0.3 is 15.8 Å². The lowest BCUT2D eigenvalue weighted by Crippen LogP contribution is -2.34. The van der Waals surface area contributed by atoms with Crippen molar-refractivity contribution in [3.05, 3.63) is 83.3 Å². The zero-order valence-corrected chi connectivity index (χ0v) is 18.2. The van der Waals surface area contributed by atoms with Crippen molar-refractivity contribution in [1.29, 1.82) is 0 Å². The highest BCUT2D eigenvalue weighted by atomic mass is 19.1. The van der Waals surface area contributed by atoms with Gasteiger partial charge in [0.05, 0.1) is 11.2 Å². The Morgan fingerprint density at radius 2 is 2.00 bits per heavy atom. The number of nitrogens with two attached hydrogens (primary N) is 1. The van der Waals surface area contributed by atoms with Crippen LogP contribution in [-0.2, 0) is 5.41 Å². The number of hydrogen-bond acceptors (Lipinski definition) is 5. The molecule has 6 heteroatoms. The van der Waals surface area contributed by atoms with Gasteiger partial charge in [0.15, 0.2) is 0 Å². The van der Waals surface area contributed by atoms with Gasteiger partial charge in [0.25, 0.3) is 0 Å². The molecule has 0 aliphatic carbocycles. The maximum atomic E-state index is 14.4. The Morgan fingerprint density at radius 3 is 2.72 bits per heavy atom. The van der Waals surface area contributed by atoms with Crippen LogP contribution >= 0.6 is 0 Å². The summed E-state index contributed by atoms with van der Waals surface area (Å²) in [7, 11) is 0. The molecule has 2 aromatic heterocycles. The first-order valence-electron chi connectivity index (χ1n) is 10.4. The molecule has 3 N–H and O–H groups in total. The third-order valence-electron chi connectivity index (χ3n) is 5.62. The van der Waals surface area contributed by atoms with E-state index in [1.54, 1.807) is 18.3 Å². The average Bonchev–Trinajstić information content (AvgIpc) is 3.15. The Balaban J connectivity index is 1.70. The maximum Gasteiger partial charge on any atom is 0.223 e. The molecule has 2 aliphatic heterocycles. The van der Waals surface area contributed by atoms with Crippen LogP contribution in [0.15, 0.2) is 60.7 Å². The number of rotatable bonds is 1. The predicted octanol–water partition coefficient (Wildman–Crippen LogP) is 4.48. The van der Waals surface area contributed by atoms with Gasteiger partial charge in [0, 0.05) is 46.6 Å². The average molecular weight is 426 g/mol. The Bertz CT molecular complexity index is 1330. The van der Waals surface area contributed by atoms with Gasteiger partial charge in [0.2, 0.25) is 11.8 Å². The molecule has 1 aromatic carbocycles. The molecule has 0 radical (unpaired) electrons. The molecule has 0 bridgehead atoms. The molecule has 0 saturated carbocycles. The molecule has 1 atom stereocenters. The van der Waals surface area contributed by atoms with Crippen molar-refractivity contribution in [2.75, 3.05) is 6.54 Å². The monoisotopic (exact) mass is 426 g/mol. The first-order valence-corrected chi connectivity index (χ1v) is 10.4. The number of benzene rings is 1. The second kappa shape index (κ2) is 7.10. The number of halogens is 1. The van der Waals surface area contributed by atoms with Gasteiger partial charge >= 0.3 is 0 Å². The van der Waals surface area contributed by atoms with Crippen LogP contribution < -0.4 is 15.8 Å². The lowest BCUT2D eigenvalue weighted by atomic mass is 9.73. The minimum Gasteiger partial charge on any atom is -0.438 e. The molecule has 0 amide bonds. The number of aromatic nitrogens is 2. The van der Waals surface area contributed by atoms with Crippen molar-refractivity contribution >= 4 is 0 Å². The number of ether oxygens (including phenoxy) is 1. The van der Waals surface area contributed by atoms with Gasteiger partial charge in [-0.15, -0.1) is 0 Å². The smallest absolute Gasteiger partial charge is 0.223 e. The van der Waals surface area contributed by atoms with E-state index in [1.807, 2.05) is 30.3 Å². The van der Waals surface area contributed by atoms with Gasteiger partial charge in [-0.1, -0.05) is 17.9 Å². The molecular formula is C26H23FN4O. The highest BCUT2D eigenvalue weighted by Gasteiger charge is 2.44. The van der Waals surface area contributed by atoms with E-state index in [0.29, 0.717) is 29.6 Å². The zero-order chi connectivity index (χ0) is 22.5. The quantitative estimate of drug-likeness (QED) is 0.444. The second-order valence-corrected chi connectivity index (χ2v) is 9.16. The number of nitrogens with zero attached hydrogens (tertiary/aromatic N) is 2. The lowest BCUT2D eigenvalue weighted by molar-refractivity contribution is 0.407. The van der Waals surface area contributed by atoms with Crippen LogP contribution in [0.1, 0.15) is 37.5 Å². The summed E-state index contributed by atoms with van der Waals surface area (Å²) in [5.41, 5.74) is 9.17. The van der Waals surface area contributed by atoms with E-state index in [0.717, 1.165) is 22.3 Å². The summed E-state index contributed by atoms with van der Waals surface area (Å²) in [5.74, 6) is 7.73.